The molecule has 0 saturated heterocycles. The largest absolute Gasteiger partial charge is 0.0625 e. The molecule has 1 aromatic rings. The Hall–Kier alpha value is -0.780. The molecule has 0 radical (unpaired) electrons. The van der Waals surface area contributed by atoms with E-state index in [9.17, 15) is 0 Å². The highest BCUT2D eigenvalue weighted by Gasteiger charge is 2.58. The predicted molar refractivity (Wildman–Crippen MR) is 61.3 cm³/mol. The van der Waals surface area contributed by atoms with Crippen LogP contribution < -0.4 is 0 Å². The van der Waals surface area contributed by atoms with Crippen molar-refractivity contribution >= 4 is 0 Å². The van der Waals surface area contributed by atoms with Gasteiger partial charge in [0.1, 0.15) is 0 Å². The monoisotopic (exact) mass is 188 g/mol. The molecule has 0 amide bonds. The van der Waals surface area contributed by atoms with Crippen LogP contribution in [0.15, 0.2) is 30.3 Å². The average Bonchev–Trinajstić information content (AvgIpc) is 2.71. The molecule has 0 aliphatic heterocycles. The zero-order valence-electron chi connectivity index (χ0n) is 9.62. The van der Waals surface area contributed by atoms with Crippen LogP contribution in [0.1, 0.15) is 39.2 Å². The molecule has 2 unspecified atom stereocenters. The minimum absolute atomic E-state index is 0.509. The van der Waals surface area contributed by atoms with Crippen LogP contribution in [0.4, 0.5) is 0 Å². The summed E-state index contributed by atoms with van der Waals surface area (Å²) in [6.07, 6.45) is 0. The van der Waals surface area contributed by atoms with Crippen LogP contribution in [0.25, 0.3) is 0 Å². The summed E-state index contributed by atoms with van der Waals surface area (Å²) in [5, 5.41) is 0. The van der Waals surface area contributed by atoms with Gasteiger partial charge in [-0.05, 0) is 28.7 Å². The van der Waals surface area contributed by atoms with Crippen LogP contribution in [-0.2, 0) is 0 Å². The van der Waals surface area contributed by atoms with E-state index < -0.39 is 0 Å². The van der Waals surface area contributed by atoms with E-state index in [1.54, 1.807) is 0 Å². The van der Waals surface area contributed by atoms with Gasteiger partial charge in [0.2, 0.25) is 0 Å². The third-order valence-electron chi connectivity index (χ3n) is 3.79. The molecule has 14 heavy (non-hydrogen) atoms. The van der Waals surface area contributed by atoms with Crippen LogP contribution in [0.5, 0.6) is 0 Å². The van der Waals surface area contributed by atoms with Gasteiger partial charge in [-0.15, -0.1) is 0 Å². The van der Waals surface area contributed by atoms with Gasteiger partial charge in [-0.1, -0.05) is 58.0 Å². The molecule has 0 nitrogen and oxygen atoms in total. The first-order chi connectivity index (χ1) is 6.55. The van der Waals surface area contributed by atoms with Crippen molar-refractivity contribution in [2.75, 3.05) is 0 Å². The summed E-state index contributed by atoms with van der Waals surface area (Å²) in [7, 11) is 0. The molecule has 2 rings (SSSR count). The van der Waals surface area contributed by atoms with E-state index in [-0.39, 0.29) is 0 Å². The quantitative estimate of drug-likeness (QED) is 0.656. The second kappa shape index (κ2) is 3.12. The van der Waals surface area contributed by atoms with Gasteiger partial charge in [-0.2, -0.15) is 0 Å². The van der Waals surface area contributed by atoms with Crippen LogP contribution in [0.2, 0.25) is 0 Å². The lowest BCUT2D eigenvalue weighted by molar-refractivity contribution is 0.451. The molecule has 0 spiro atoms. The van der Waals surface area contributed by atoms with Crippen molar-refractivity contribution in [3.8, 4) is 0 Å². The summed E-state index contributed by atoms with van der Waals surface area (Å²) in [6, 6.07) is 11.0. The maximum atomic E-state index is 2.40. The molecular formula is C14H20. The lowest BCUT2D eigenvalue weighted by Crippen LogP contribution is -1.96. The first-order valence-electron chi connectivity index (χ1n) is 5.60. The highest BCUT2D eigenvalue weighted by Crippen LogP contribution is 2.67. The maximum Gasteiger partial charge on any atom is -0.00716 e. The lowest BCUT2D eigenvalue weighted by atomic mass is 10.0. The van der Waals surface area contributed by atoms with Gasteiger partial charge in [0, 0.05) is 0 Å². The first-order valence-corrected chi connectivity index (χ1v) is 5.60. The Morgan fingerprint density at radius 1 is 1.07 bits per heavy atom. The Balaban J connectivity index is 2.23. The standard InChI is InChI=1S/C14H20/c1-10(2)12-13(14(12,3)4)11-8-6-5-7-9-11/h5-10,12-13H,1-4H3. The molecule has 1 aromatic carbocycles. The first kappa shape index (κ1) is 9.76. The van der Waals surface area contributed by atoms with Crippen molar-refractivity contribution in [1.29, 1.82) is 0 Å². The van der Waals surface area contributed by atoms with Gasteiger partial charge in [0.25, 0.3) is 0 Å². The Labute approximate surface area is 87.3 Å². The molecule has 1 saturated carbocycles. The third-order valence-corrected chi connectivity index (χ3v) is 3.79. The zero-order valence-corrected chi connectivity index (χ0v) is 9.62. The van der Waals surface area contributed by atoms with Crippen molar-refractivity contribution in [2.24, 2.45) is 17.3 Å². The second-order valence-electron chi connectivity index (χ2n) is 5.48. The Kier molecular flexibility index (Phi) is 2.17. The van der Waals surface area contributed by atoms with E-state index in [0.29, 0.717) is 5.41 Å². The molecule has 1 aliphatic carbocycles. The van der Waals surface area contributed by atoms with Crippen molar-refractivity contribution in [1.82, 2.24) is 0 Å². The molecule has 2 atom stereocenters. The van der Waals surface area contributed by atoms with Crippen LogP contribution in [-0.4, -0.2) is 0 Å². The van der Waals surface area contributed by atoms with Gasteiger partial charge in [-0.25, -0.2) is 0 Å². The summed E-state index contributed by atoms with van der Waals surface area (Å²) >= 11 is 0. The molecule has 0 N–H and O–H groups in total. The summed E-state index contributed by atoms with van der Waals surface area (Å²) in [5.41, 5.74) is 2.03. The number of hydrogen-bond acceptors (Lipinski definition) is 0. The van der Waals surface area contributed by atoms with Gasteiger partial charge in [0.15, 0.2) is 0 Å². The molecule has 0 bridgehead atoms. The summed E-state index contributed by atoms with van der Waals surface area (Å²) in [5.74, 6) is 2.45. The van der Waals surface area contributed by atoms with Crippen molar-refractivity contribution < 1.29 is 0 Å². The van der Waals surface area contributed by atoms with E-state index in [1.165, 1.54) is 5.56 Å². The Morgan fingerprint density at radius 3 is 2.07 bits per heavy atom. The average molecular weight is 188 g/mol. The van der Waals surface area contributed by atoms with E-state index in [4.69, 9.17) is 0 Å². The SMILES string of the molecule is CC(C)C1C(c2ccccc2)C1(C)C. The zero-order chi connectivity index (χ0) is 10.3. The number of rotatable bonds is 2. The van der Waals surface area contributed by atoms with Crippen LogP contribution in [0, 0.1) is 17.3 Å². The normalized spacial score (nSPS) is 29.2. The van der Waals surface area contributed by atoms with Gasteiger partial charge < -0.3 is 0 Å². The lowest BCUT2D eigenvalue weighted by Gasteiger charge is -2.04. The minimum Gasteiger partial charge on any atom is -0.0625 e. The van der Waals surface area contributed by atoms with E-state index in [2.05, 4.69) is 58.0 Å². The van der Waals surface area contributed by atoms with E-state index in [0.717, 1.165) is 17.8 Å². The number of hydrogen-bond donors (Lipinski definition) is 0. The van der Waals surface area contributed by atoms with E-state index >= 15 is 0 Å². The van der Waals surface area contributed by atoms with Gasteiger partial charge >= 0.3 is 0 Å². The van der Waals surface area contributed by atoms with Crippen LogP contribution in [0.3, 0.4) is 0 Å². The maximum absolute atomic E-state index is 2.40. The molecule has 0 heteroatoms. The minimum atomic E-state index is 0.509. The Bertz CT molecular complexity index is 308. The van der Waals surface area contributed by atoms with Crippen LogP contribution >= 0.6 is 0 Å². The molecule has 76 valence electrons. The topological polar surface area (TPSA) is 0 Å². The fourth-order valence-electron chi connectivity index (χ4n) is 3.22. The second-order valence-corrected chi connectivity index (χ2v) is 5.48. The summed E-state index contributed by atoms with van der Waals surface area (Å²) in [6.45, 7) is 9.48. The summed E-state index contributed by atoms with van der Waals surface area (Å²) in [4.78, 5) is 0. The third kappa shape index (κ3) is 1.37. The highest BCUT2D eigenvalue weighted by molar-refractivity contribution is 5.31. The molecule has 1 fully saturated rings. The highest BCUT2D eigenvalue weighted by atomic mass is 14.6. The van der Waals surface area contributed by atoms with Crippen molar-refractivity contribution in [3.05, 3.63) is 35.9 Å². The predicted octanol–water partition coefficient (Wildman–Crippen LogP) is 4.08. The fraction of sp³-hybridized carbons (Fsp3) is 0.571. The van der Waals surface area contributed by atoms with Gasteiger partial charge in [-0.3, -0.25) is 0 Å². The Morgan fingerprint density at radius 2 is 1.64 bits per heavy atom. The summed E-state index contributed by atoms with van der Waals surface area (Å²) < 4.78 is 0. The molecule has 1 aliphatic rings. The molecular weight excluding hydrogens is 168 g/mol. The van der Waals surface area contributed by atoms with Crippen molar-refractivity contribution in [2.45, 2.75) is 33.6 Å². The number of benzene rings is 1. The fourth-order valence-corrected chi connectivity index (χ4v) is 3.22. The smallest absolute Gasteiger partial charge is 0.00716 e. The van der Waals surface area contributed by atoms with Gasteiger partial charge in [0.05, 0.1) is 0 Å². The van der Waals surface area contributed by atoms with Crippen molar-refractivity contribution in [3.63, 3.8) is 0 Å². The van der Waals surface area contributed by atoms with E-state index in [1.807, 2.05) is 0 Å². The molecule has 0 aromatic heterocycles. The molecule has 0 heterocycles.